The first-order valence-corrected chi connectivity index (χ1v) is 8.19. The third kappa shape index (κ3) is 3.56. The van der Waals surface area contributed by atoms with Gasteiger partial charge in [0.25, 0.3) is 10.0 Å². The van der Waals surface area contributed by atoms with E-state index in [9.17, 15) is 13.5 Å². The second-order valence-electron chi connectivity index (χ2n) is 4.84. The molecular weight excluding hydrogens is 310 g/mol. The van der Waals surface area contributed by atoms with Crippen LogP contribution < -0.4 is 4.72 Å². The smallest absolute Gasteiger partial charge is 0.261 e. The third-order valence-corrected chi connectivity index (χ3v) is 4.87. The molecule has 0 saturated heterocycles. The minimum absolute atomic E-state index is 0.0665. The minimum Gasteiger partial charge on any atom is -0.392 e. The molecule has 21 heavy (non-hydrogen) atoms. The first kappa shape index (κ1) is 15.8. The van der Waals surface area contributed by atoms with Crippen LogP contribution in [0.1, 0.15) is 16.7 Å². The SMILES string of the molecule is Cc1ccc(C)c(NS(=O)(=O)c2ccc(Cl)c(CO)c2)c1. The zero-order chi connectivity index (χ0) is 15.6. The van der Waals surface area contributed by atoms with Crippen molar-refractivity contribution in [1.82, 2.24) is 0 Å². The maximum atomic E-state index is 12.4. The van der Waals surface area contributed by atoms with Gasteiger partial charge in [0.05, 0.1) is 17.2 Å². The largest absolute Gasteiger partial charge is 0.392 e. The van der Waals surface area contributed by atoms with Crippen molar-refractivity contribution in [3.05, 3.63) is 58.1 Å². The molecule has 0 aromatic heterocycles. The summed E-state index contributed by atoms with van der Waals surface area (Å²) in [5, 5.41) is 9.52. The van der Waals surface area contributed by atoms with Crippen molar-refractivity contribution in [2.45, 2.75) is 25.3 Å². The predicted molar refractivity (Wildman–Crippen MR) is 84.1 cm³/mol. The summed E-state index contributed by atoms with van der Waals surface area (Å²) in [5.41, 5.74) is 2.71. The number of rotatable bonds is 4. The maximum Gasteiger partial charge on any atom is 0.261 e. The van der Waals surface area contributed by atoms with E-state index in [1.54, 1.807) is 6.07 Å². The topological polar surface area (TPSA) is 66.4 Å². The van der Waals surface area contributed by atoms with Gasteiger partial charge >= 0.3 is 0 Å². The number of anilines is 1. The lowest BCUT2D eigenvalue weighted by Gasteiger charge is -2.12. The fraction of sp³-hybridized carbons (Fsp3) is 0.200. The highest BCUT2D eigenvalue weighted by Gasteiger charge is 2.16. The molecule has 0 unspecified atom stereocenters. The van der Waals surface area contributed by atoms with Gasteiger partial charge in [-0.2, -0.15) is 0 Å². The van der Waals surface area contributed by atoms with E-state index in [-0.39, 0.29) is 11.5 Å². The van der Waals surface area contributed by atoms with Gasteiger partial charge in [-0.25, -0.2) is 8.42 Å². The summed E-state index contributed by atoms with van der Waals surface area (Å²) in [6.45, 7) is 3.41. The highest BCUT2D eigenvalue weighted by Crippen LogP contribution is 2.24. The molecule has 0 radical (unpaired) electrons. The first-order chi connectivity index (χ1) is 9.83. The Balaban J connectivity index is 2.41. The summed E-state index contributed by atoms with van der Waals surface area (Å²) in [6.07, 6.45) is 0. The van der Waals surface area contributed by atoms with Gasteiger partial charge < -0.3 is 5.11 Å². The lowest BCUT2D eigenvalue weighted by atomic mass is 10.1. The van der Waals surface area contributed by atoms with E-state index in [2.05, 4.69) is 4.72 Å². The molecule has 112 valence electrons. The lowest BCUT2D eigenvalue weighted by Crippen LogP contribution is -2.14. The zero-order valence-corrected chi connectivity index (χ0v) is 13.3. The normalized spacial score (nSPS) is 11.4. The summed E-state index contributed by atoms with van der Waals surface area (Å²) in [5.74, 6) is 0. The Morgan fingerprint density at radius 1 is 1.14 bits per heavy atom. The van der Waals surface area contributed by atoms with E-state index in [1.165, 1.54) is 18.2 Å². The van der Waals surface area contributed by atoms with Crippen LogP contribution in [0.25, 0.3) is 0 Å². The fourth-order valence-electron chi connectivity index (χ4n) is 1.89. The van der Waals surface area contributed by atoms with Crippen molar-refractivity contribution in [3.8, 4) is 0 Å². The van der Waals surface area contributed by atoms with E-state index >= 15 is 0 Å². The number of halogens is 1. The summed E-state index contributed by atoms with van der Waals surface area (Å²) < 4.78 is 27.4. The third-order valence-electron chi connectivity index (χ3n) is 3.14. The Morgan fingerprint density at radius 2 is 1.86 bits per heavy atom. The molecular formula is C15H16ClNO3S. The Labute approximate surface area is 129 Å². The Kier molecular flexibility index (Phi) is 4.56. The molecule has 2 N–H and O–H groups in total. The minimum atomic E-state index is -3.72. The highest BCUT2D eigenvalue weighted by atomic mass is 35.5. The van der Waals surface area contributed by atoms with Gasteiger partial charge in [-0.15, -0.1) is 0 Å². The zero-order valence-electron chi connectivity index (χ0n) is 11.7. The Hall–Kier alpha value is -1.56. The van der Waals surface area contributed by atoms with E-state index in [4.69, 9.17) is 11.6 Å². The molecule has 0 aliphatic rings. The molecule has 6 heteroatoms. The van der Waals surface area contributed by atoms with Crippen LogP contribution in [0.3, 0.4) is 0 Å². The quantitative estimate of drug-likeness (QED) is 0.906. The van der Waals surface area contributed by atoms with Crippen LogP contribution in [0.4, 0.5) is 5.69 Å². The molecule has 0 fully saturated rings. The molecule has 0 saturated carbocycles. The molecule has 0 heterocycles. The van der Waals surface area contributed by atoms with Crippen molar-refractivity contribution in [3.63, 3.8) is 0 Å². The van der Waals surface area contributed by atoms with Crippen LogP contribution in [0.2, 0.25) is 5.02 Å². The number of aryl methyl sites for hydroxylation is 2. The van der Waals surface area contributed by atoms with Crippen LogP contribution in [0.15, 0.2) is 41.3 Å². The molecule has 0 aliphatic heterocycles. The second-order valence-corrected chi connectivity index (χ2v) is 6.92. The number of hydrogen-bond donors (Lipinski definition) is 2. The summed E-state index contributed by atoms with van der Waals surface area (Å²) in [7, 11) is -3.72. The van der Waals surface area contributed by atoms with E-state index in [1.807, 2.05) is 26.0 Å². The van der Waals surface area contributed by atoms with Crippen molar-refractivity contribution < 1.29 is 13.5 Å². The Morgan fingerprint density at radius 3 is 2.52 bits per heavy atom. The van der Waals surface area contributed by atoms with Crippen LogP contribution in [0, 0.1) is 13.8 Å². The van der Waals surface area contributed by atoms with E-state index in [0.29, 0.717) is 16.3 Å². The average molecular weight is 326 g/mol. The van der Waals surface area contributed by atoms with Gasteiger partial charge in [0.2, 0.25) is 0 Å². The number of sulfonamides is 1. The van der Waals surface area contributed by atoms with Crippen LogP contribution in [-0.2, 0) is 16.6 Å². The van der Waals surface area contributed by atoms with Gasteiger partial charge in [0.1, 0.15) is 0 Å². The molecule has 0 amide bonds. The van der Waals surface area contributed by atoms with Crippen molar-refractivity contribution >= 4 is 27.3 Å². The fourth-order valence-corrected chi connectivity index (χ4v) is 3.24. The van der Waals surface area contributed by atoms with Gasteiger partial charge in [-0.05, 0) is 54.8 Å². The summed E-state index contributed by atoms with van der Waals surface area (Å²) in [4.78, 5) is 0.0665. The molecule has 0 atom stereocenters. The number of aliphatic hydroxyl groups is 1. The van der Waals surface area contributed by atoms with Gasteiger partial charge in [-0.1, -0.05) is 23.7 Å². The molecule has 2 aromatic carbocycles. The van der Waals surface area contributed by atoms with Crippen LogP contribution >= 0.6 is 11.6 Å². The van der Waals surface area contributed by atoms with Crippen LogP contribution in [0.5, 0.6) is 0 Å². The molecule has 0 spiro atoms. The summed E-state index contributed by atoms with van der Waals surface area (Å²) in [6, 6.07) is 9.79. The molecule has 2 rings (SSSR count). The number of benzene rings is 2. The standard InChI is InChI=1S/C15H16ClNO3S/c1-10-3-4-11(2)15(7-10)17-21(19,20)13-5-6-14(16)12(8-13)9-18/h3-8,17-18H,9H2,1-2H3. The summed E-state index contributed by atoms with van der Waals surface area (Å²) >= 11 is 5.88. The van der Waals surface area contributed by atoms with Gasteiger partial charge in [0.15, 0.2) is 0 Å². The molecule has 2 aromatic rings. The number of nitrogens with one attached hydrogen (secondary N) is 1. The molecule has 0 bridgehead atoms. The van der Waals surface area contributed by atoms with Crippen LogP contribution in [-0.4, -0.2) is 13.5 Å². The van der Waals surface area contributed by atoms with Crippen molar-refractivity contribution in [1.29, 1.82) is 0 Å². The van der Waals surface area contributed by atoms with Crippen molar-refractivity contribution in [2.75, 3.05) is 4.72 Å². The Bertz CT molecular complexity index is 772. The number of hydrogen-bond acceptors (Lipinski definition) is 3. The van der Waals surface area contributed by atoms with E-state index in [0.717, 1.165) is 11.1 Å². The second kappa shape index (κ2) is 6.05. The average Bonchev–Trinajstić information content (AvgIpc) is 2.43. The molecule has 0 aliphatic carbocycles. The van der Waals surface area contributed by atoms with Crippen molar-refractivity contribution in [2.24, 2.45) is 0 Å². The maximum absolute atomic E-state index is 12.4. The van der Waals surface area contributed by atoms with Gasteiger partial charge in [0, 0.05) is 5.02 Å². The highest BCUT2D eigenvalue weighted by molar-refractivity contribution is 7.92. The van der Waals surface area contributed by atoms with Gasteiger partial charge in [-0.3, -0.25) is 4.72 Å². The number of aliphatic hydroxyl groups excluding tert-OH is 1. The lowest BCUT2D eigenvalue weighted by molar-refractivity contribution is 0.281. The van der Waals surface area contributed by atoms with E-state index < -0.39 is 10.0 Å². The first-order valence-electron chi connectivity index (χ1n) is 6.33. The molecule has 4 nitrogen and oxygen atoms in total. The predicted octanol–water partition coefficient (Wildman–Crippen LogP) is 3.25. The monoisotopic (exact) mass is 325 g/mol.